The number of benzene rings is 2. The predicted molar refractivity (Wildman–Crippen MR) is 97.8 cm³/mol. The molecular weight excluding hydrogens is 300 g/mol. The number of fused-ring (bicyclic) bond motifs is 1. The number of aromatic nitrogens is 1. The van der Waals surface area contributed by atoms with Crippen molar-refractivity contribution >= 4 is 22.5 Å². The summed E-state index contributed by atoms with van der Waals surface area (Å²) >= 11 is 0. The third-order valence-electron chi connectivity index (χ3n) is 4.34. The Labute approximate surface area is 140 Å². The Balaban J connectivity index is 1.93. The van der Waals surface area contributed by atoms with Crippen LogP contribution in [0.4, 0.5) is 5.69 Å². The quantitative estimate of drug-likeness (QED) is 0.767. The molecule has 2 aromatic carbocycles. The summed E-state index contributed by atoms with van der Waals surface area (Å²) in [5.41, 5.74) is 5.12. The van der Waals surface area contributed by atoms with Crippen LogP contribution >= 0.6 is 0 Å². The van der Waals surface area contributed by atoms with Gasteiger partial charge in [-0.2, -0.15) is 0 Å². The van der Waals surface area contributed by atoms with Crippen molar-refractivity contribution in [3.8, 4) is 0 Å². The topological polar surface area (TPSA) is 62.0 Å². The minimum absolute atomic E-state index is 0.128. The molecule has 0 spiro atoms. The van der Waals surface area contributed by atoms with Gasteiger partial charge in [-0.3, -0.25) is 9.59 Å². The van der Waals surface area contributed by atoms with Gasteiger partial charge >= 0.3 is 0 Å². The molecule has 3 rings (SSSR count). The lowest BCUT2D eigenvalue weighted by molar-refractivity contribution is 0.102. The Kier molecular flexibility index (Phi) is 4.21. The summed E-state index contributed by atoms with van der Waals surface area (Å²) in [6, 6.07) is 12.8. The molecule has 0 fully saturated rings. The van der Waals surface area contributed by atoms with Crippen molar-refractivity contribution in [1.82, 2.24) is 4.98 Å². The Morgan fingerprint density at radius 3 is 2.54 bits per heavy atom. The van der Waals surface area contributed by atoms with Crippen molar-refractivity contribution in [2.75, 3.05) is 5.32 Å². The lowest BCUT2D eigenvalue weighted by Crippen LogP contribution is -2.13. The lowest BCUT2D eigenvalue weighted by atomic mass is 10.1. The molecule has 122 valence electrons. The summed E-state index contributed by atoms with van der Waals surface area (Å²) in [5, 5.41) is 3.89. The molecule has 0 radical (unpaired) electrons. The standard InChI is InChI=1S/C20H20N2O2/c1-4-14-10-19(23)22-18-11-16(7-8-17(14)18)21-20(24)15-6-5-12(2)13(3)9-15/h5-11H,4H2,1-3H3,(H,21,24)(H,22,23). The van der Waals surface area contributed by atoms with Crippen LogP contribution < -0.4 is 10.9 Å². The van der Waals surface area contributed by atoms with Crippen molar-refractivity contribution < 1.29 is 4.79 Å². The highest BCUT2D eigenvalue weighted by atomic mass is 16.1. The third kappa shape index (κ3) is 3.08. The molecule has 0 saturated carbocycles. The number of carbonyl (C=O) groups excluding carboxylic acids is 1. The Bertz CT molecular complexity index is 987. The van der Waals surface area contributed by atoms with Gasteiger partial charge in [0.25, 0.3) is 5.91 Å². The zero-order valence-electron chi connectivity index (χ0n) is 14.1. The maximum absolute atomic E-state index is 12.4. The van der Waals surface area contributed by atoms with Gasteiger partial charge in [0.2, 0.25) is 5.56 Å². The monoisotopic (exact) mass is 320 g/mol. The molecule has 1 amide bonds. The Hall–Kier alpha value is -2.88. The summed E-state index contributed by atoms with van der Waals surface area (Å²) in [7, 11) is 0. The predicted octanol–water partition coefficient (Wildman–Crippen LogP) is 3.96. The molecule has 0 saturated heterocycles. The van der Waals surface area contributed by atoms with Crippen LogP contribution in [-0.4, -0.2) is 10.9 Å². The van der Waals surface area contributed by atoms with Crippen molar-refractivity contribution in [2.45, 2.75) is 27.2 Å². The third-order valence-corrected chi connectivity index (χ3v) is 4.34. The van der Waals surface area contributed by atoms with Gasteiger partial charge in [0.05, 0.1) is 5.52 Å². The summed E-state index contributed by atoms with van der Waals surface area (Å²) in [6.07, 6.45) is 0.786. The SMILES string of the molecule is CCc1cc(=O)[nH]c2cc(NC(=O)c3ccc(C)c(C)c3)ccc12. The number of hydrogen-bond acceptors (Lipinski definition) is 2. The number of nitrogens with one attached hydrogen (secondary N) is 2. The maximum Gasteiger partial charge on any atom is 0.255 e. The van der Waals surface area contributed by atoms with E-state index in [9.17, 15) is 9.59 Å². The number of aryl methyl sites for hydroxylation is 3. The van der Waals surface area contributed by atoms with Gasteiger partial charge in [0.1, 0.15) is 0 Å². The lowest BCUT2D eigenvalue weighted by Gasteiger charge is -2.09. The van der Waals surface area contributed by atoms with E-state index in [0.717, 1.165) is 34.0 Å². The van der Waals surface area contributed by atoms with E-state index in [1.807, 2.05) is 51.1 Å². The largest absolute Gasteiger partial charge is 0.322 e. The number of H-pyrrole nitrogens is 1. The molecule has 24 heavy (non-hydrogen) atoms. The van der Waals surface area contributed by atoms with Crippen LogP contribution in [-0.2, 0) is 6.42 Å². The zero-order chi connectivity index (χ0) is 17.3. The molecule has 2 N–H and O–H groups in total. The second-order valence-corrected chi connectivity index (χ2v) is 6.03. The first-order valence-corrected chi connectivity index (χ1v) is 8.02. The Morgan fingerprint density at radius 2 is 1.83 bits per heavy atom. The fourth-order valence-electron chi connectivity index (χ4n) is 2.79. The number of amides is 1. The number of carbonyl (C=O) groups is 1. The van der Waals surface area contributed by atoms with Crippen LogP contribution in [0.25, 0.3) is 10.9 Å². The normalized spacial score (nSPS) is 10.8. The smallest absolute Gasteiger partial charge is 0.255 e. The van der Waals surface area contributed by atoms with Crippen LogP contribution in [0, 0.1) is 13.8 Å². The second kappa shape index (κ2) is 6.32. The van der Waals surface area contributed by atoms with Crippen LogP contribution in [0.15, 0.2) is 47.3 Å². The van der Waals surface area contributed by atoms with E-state index < -0.39 is 0 Å². The molecular formula is C20H20N2O2. The highest BCUT2D eigenvalue weighted by Crippen LogP contribution is 2.21. The highest BCUT2D eigenvalue weighted by molar-refractivity contribution is 6.05. The average Bonchev–Trinajstić information content (AvgIpc) is 2.56. The van der Waals surface area contributed by atoms with E-state index in [4.69, 9.17) is 0 Å². The molecule has 0 bridgehead atoms. The van der Waals surface area contributed by atoms with Crippen molar-refractivity contribution in [2.24, 2.45) is 0 Å². The Morgan fingerprint density at radius 1 is 1.04 bits per heavy atom. The molecule has 1 aromatic heterocycles. The number of anilines is 1. The van der Waals surface area contributed by atoms with E-state index in [-0.39, 0.29) is 11.5 Å². The zero-order valence-corrected chi connectivity index (χ0v) is 14.1. The van der Waals surface area contributed by atoms with E-state index in [0.29, 0.717) is 11.3 Å². The first kappa shape index (κ1) is 16.0. The van der Waals surface area contributed by atoms with Gasteiger partial charge in [-0.1, -0.05) is 19.1 Å². The summed E-state index contributed by atoms with van der Waals surface area (Å²) in [5.74, 6) is -0.161. The fraction of sp³-hybridized carbons (Fsp3) is 0.200. The molecule has 0 unspecified atom stereocenters. The van der Waals surface area contributed by atoms with Crippen LogP contribution in [0.1, 0.15) is 34.0 Å². The molecule has 3 aromatic rings. The summed E-state index contributed by atoms with van der Waals surface area (Å²) in [6.45, 7) is 6.02. The maximum atomic E-state index is 12.4. The number of aromatic amines is 1. The number of pyridine rings is 1. The van der Waals surface area contributed by atoms with E-state index >= 15 is 0 Å². The van der Waals surface area contributed by atoms with E-state index in [1.165, 1.54) is 0 Å². The molecule has 4 nitrogen and oxygen atoms in total. The van der Waals surface area contributed by atoms with Crippen LogP contribution in [0.5, 0.6) is 0 Å². The minimum atomic E-state index is -0.161. The van der Waals surface area contributed by atoms with E-state index in [1.54, 1.807) is 12.1 Å². The highest BCUT2D eigenvalue weighted by Gasteiger charge is 2.09. The van der Waals surface area contributed by atoms with Gasteiger partial charge < -0.3 is 10.3 Å². The average molecular weight is 320 g/mol. The van der Waals surface area contributed by atoms with Crippen molar-refractivity contribution in [1.29, 1.82) is 0 Å². The van der Waals surface area contributed by atoms with Crippen molar-refractivity contribution in [3.05, 3.63) is 75.1 Å². The van der Waals surface area contributed by atoms with Gasteiger partial charge in [-0.25, -0.2) is 0 Å². The molecule has 0 aliphatic carbocycles. The van der Waals surface area contributed by atoms with Gasteiger partial charge in [-0.15, -0.1) is 0 Å². The van der Waals surface area contributed by atoms with Crippen LogP contribution in [0.3, 0.4) is 0 Å². The first-order chi connectivity index (χ1) is 11.5. The minimum Gasteiger partial charge on any atom is -0.322 e. The van der Waals surface area contributed by atoms with Gasteiger partial charge in [-0.05, 0) is 61.2 Å². The van der Waals surface area contributed by atoms with Crippen LogP contribution in [0.2, 0.25) is 0 Å². The summed E-state index contributed by atoms with van der Waals surface area (Å²) in [4.78, 5) is 27.0. The van der Waals surface area contributed by atoms with Gasteiger partial charge in [0, 0.05) is 22.7 Å². The number of rotatable bonds is 3. The molecule has 0 aliphatic rings. The van der Waals surface area contributed by atoms with Gasteiger partial charge in [0.15, 0.2) is 0 Å². The molecule has 1 heterocycles. The summed E-state index contributed by atoms with van der Waals surface area (Å²) < 4.78 is 0. The van der Waals surface area contributed by atoms with Crippen molar-refractivity contribution in [3.63, 3.8) is 0 Å². The fourth-order valence-corrected chi connectivity index (χ4v) is 2.79. The molecule has 0 aliphatic heterocycles. The molecule has 0 atom stereocenters. The second-order valence-electron chi connectivity index (χ2n) is 6.03. The van der Waals surface area contributed by atoms with E-state index in [2.05, 4.69) is 10.3 Å². The molecule has 4 heteroatoms. The first-order valence-electron chi connectivity index (χ1n) is 8.02. The number of hydrogen-bond donors (Lipinski definition) is 2.